The normalized spacial score (nSPS) is 19.3. The van der Waals surface area contributed by atoms with Gasteiger partial charge in [-0.05, 0) is 67.6 Å². The molecule has 1 fully saturated rings. The van der Waals surface area contributed by atoms with E-state index in [1.807, 2.05) is 12.3 Å². The highest BCUT2D eigenvalue weighted by atomic mass is 15.2. The third-order valence-electron chi connectivity index (χ3n) is 6.74. The summed E-state index contributed by atoms with van der Waals surface area (Å²) in [6.45, 7) is 6.09. The van der Waals surface area contributed by atoms with E-state index in [1.54, 1.807) is 0 Å². The summed E-state index contributed by atoms with van der Waals surface area (Å²) in [5, 5.41) is 9.30. The Balaban J connectivity index is 1.64. The zero-order valence-electron chi connectivity index (χ0n) is 19.9. The molecule has 0 spiro atoms. The summed E-state index contributed by atoms with van der Waals surface area (Å²) in [7, 11) is 0. The van der Waals surface area contributed by atoms with Crippen LogP contribution >= 0.6 is 0 Å². The Morgan fingerprint density at radius 1 is 0.938 bits per heavy atom. The van der Waals surface area contributed by atoms with Crippen LogP contribution in [0.3, 0.4) is 0 Å². The molecule has 1 saturated carbocycles. The maximum Gasteiger partial charge on any atom is 0.0733 e. The standard InChI is InChI=1S/C30H40N2/c1-3-5-8-12-25-16-18-27(19-17-25)24-31-32-30(28-14-10-7-11-15-28)29-22-20-26(21-23-29)13-9-6-4-2/h3,7,10-11,14-19,24,26,29H,1,4-6,8-9,12-13,20-23H2,2H3. The lowest BCUT2D eigenvalue weighted by atomic mass is 9.76. The molecule has 0 aromatic heterocycles. The van der Waals surface area contributed by atoms with Gasteiger partial charge in [-0.2, -0.15) is 10.2 Å². The molecule has 0 saturated heterocycles. The average Bonchev–Trinajstić information content (AvgIpc) is 2.84. The molecule has 1 aliphatic rings. The molecule has 0 radical (unpaired) electrons. The molecule has 0 amide bonds. The van der Waals surface area contributed by atoms with E-state index in [2.05, 4.69) is 73.2 Å². The van der Waals surface area contributed by atoms with E-state index in [9.17, 15) is 0 Å². The second kappa shape index (κ2) is 13.8. The summed E-state index contributed by atoms with van der Waals surface area (Å²) < 4.78 is 0. The molecular weight excluding hydrogens is 388 g/mol. The summed E-state index contributed by atoms with van der Waals surface area (Å²) in [5.41, 5.74) is 4.85. The summed E-state index contributed by atoms with van der Waals surface area (Å²) >= 11 is 0. The van der Waals surface area contributed by atoms with Gasteiger partial charge in [0, 0.05) is 5.92 Å². The molecule has 0 N–H and O–H groups in total. The molecule has 0 aliphatic heterocycles. The monoisotopic (exact) mass is 428 g/mol. The maximum atomic E-state index is 4.77. The quantitative estimate of drug-likeness (QED) is 0.140. The minimum atomic E-state index is 0.518. The average molecular weight is 429 g/mol. The van der Waals surface area contributed by atoms with E-state index in [0.29, 0.717) is 5.92 Å². The van der Waals surface area contributed by atoms with Gasteiger partial charge in [-0.15, -0.1) is 6.58 Å². The van der Waals surface area contributed by atoms with Crippen LogP contribution in [0.15, 0.2) is 77.5 Å². The lowest BCUT2D eigenvalue weighted by Gasteiger charge is -2.29. The van der Waals surface area contributed by atoms with Crippen LogP contribution in [0.4, 0.5) is 0 Å². The van der Waals surface area contributed by atoms with Gasteiger partial charge in [0.15, 0.2) is 0 Å². The van der Waals surface area contributed by atoms with Crippen molar-refractivity contribution in [3.05, 3.63) is 83.9 Å². The van der Waals surface area contributed by atoms with Gasteiger partial charge in [-0.25, -0.2) is 0 Å². The first kappa shape index (κ1) is 24.2. The van der Waals surface area contributed by atoms with E-state index < -0.39 is 0 Å². The molecule has 0 atom stereocenters. The summed E-state index contributed by atoms with van der Waals surface area (Å²) in [6, 6.07) is 19.3. The predicted molar refractivity (Wildman–Crippen MR) is 140 cm³/mol. The largest absolute Gasteiger partial charge is 0.158 e. The van der Waals surface area contributed by atoms with Crippen LogP contribution < -0.4 is 0 Å². The van der Waals surface area contributed by atoms with Crippen molar-refractivity contribution in [1.82, 2.24) is 0 Å². The predicted octanol–water partition coefficient (Wildman–Crippen LogP) is 8.41. The number of benzene rings is 2. The molecule has 1 aliphatic carbocycles. The molecular formula is C30H40N2. The zero-order valence-corrected chi connectivity index (χ0v) is 19.9. The molecule has 170 valence electrons. The lowest BCUT2D eigenvalue weighted by molar-refractivity contribution is 0.299. The molecule has 2 aromatic carbocycles. The Hall–Kier alpha value is -2.48. The van der Waals surface area contributed by atoms with Crippen LogP contribution in [-0.4, -0.2) is 11.9 Å². The van der Waals surface area contributed by atoms with Crippen LogP contribution in [0.1, 0.15) is 87.8 Å². The third kappa shape index (κ3) is 7.89. The van der Waals surface area contributed by atoms with Crippen LogP contribution in [0.2, 0.25) is 0 Å². The highest BCUT2D eigenvalue weighted by Crippen LogP contribution is 2.34. The number of hydrogen-bond acceptors (Lipinski definition) is 2. The van der Waals surface area contributed by atoms with E-state index in [-0.39, 0.29) is 0 Å². The van der Waals surface area contributed by atoms with E-state index >= 15 is 0 Å². The second-order valence-electron chi connectivity index (χ2n) is 9.23. The molecule has 32 heavy (non-hydrogen) atoms. The fraction of sp³-hybridized carbons (Fsp3) is 0.467. The number of aryl methyl sites for hydroxylation is 1. The Labute approximate surface area is 195 Å². The summed E-state index contributed by atoms with van der Waals surface area (Å²) in [6.07, 6.45) is 17.8. The van der Waals surface area contributed by atoms with E-state index in [1.165, 1.54) is 62.5 Å². The molecule has 0 unspecified atom stereocenters. The van der Waals surface area contributed by atoms with E-state index in [0.717, 1.165) is 36.5 Å². The molecule has 2 aromatic rings. The fourth-order valence-electron chi connectivity index (χ4n) is 4.77. The Bertz CT molecular complexity index is 840. The minimum Gasteiger partial charge on any atom is -0.158 e. The zero-order chi connectivity index (χ0) is 22.4. The van der Waals surface area contributed by atoms with Crippen molar-refractivity contribution in [2.45, 2.75) is 77.6 Å². The van der Waals surface area contributed by atoms with Gasteiger partial charge in [0.25, 0.3) is 0 Å². The molecule has 2 heteroatoms. The van der Waals surface area contributed by atoms with Crippen molar-refractivity contribution >= 4 is 11.9 Å². The van der Waals surface area contributed by atoms with Crippen LogP contribution in [0, 0.1) is 11.8 Å². The molecule has 0 heterocycles. The Morgan fingerprint density at radius 2 is 1.69 bits per heavy atom. The number of rotatable bonds is 12. The van der Waals surface area contributed by atoms with Crippen molar-refractivity contribution in [2.24, 2.45) is 22.0 Å². The molecule has 3 rings (SSSR count). The Kier molecular flexibility index (Phi) is 10.4. The molecule has 2 nitrogen and oxygen atoms in total. The van der Waals surface area contributed by atoms with Crippen molar-refractivity contribution in [3.63, 3.8) is 0 Å². The van der Waals surface area contributed by atoms with E-state index in [4.69, 9.17) is 5.10 Å². The topological polar surface area (TPSA) is 24.7 Å². The molecule has 0 bridgehead atoms. The fourth-order valence-corrected chi connectivity index (χ4v) is 4.77. The highest BCUT2D eigenvalue weighted by Gasteiger charge is 2.25. The lowest BCUT2D eigenvalue weighted by Crippen LogP contribution is -2.22. The van der Waals surface area contributed by atoms with Crippen LogP contribution in [0.5, 0.6) is 0 Å². The minimum absolute atomic E-state index is 0.518. The van der Waals surface area contributed by atoms with Crippen LogP contribution in [0.25, 0.3) is 0 Å². The maximum absolute atomic E-state index is 4.77. The smallest absolute Gasteiger partial charge is 0.0733 e. The second-order valence-corrected chi connectivity index (χ2v) is 9.23. The van der Waals surface area contributed by atoms with Gasteiger partial charge in [0.2, 0.25) is 0 Å². The first-order valence-electron chi connectivity index (χ1n) is 12.7. The van der Waals surface area contributed by atoms with Gasteiger partial charge in [-0.1, -0.05) is 93.3 Å². The SMILES string of the molecule is C=CCCCc1ccc(C=NN=C(c2ccccc2)C2CCC(CCCCC)CC2)cc1. The van der Waals surface area contributed by atoms with Crippen molar-refractivity contribution < 1.29 is 0 Å². The van der Waals surface area contributed by atoms with Crippen LogP contribution in [-0.2, 0) is 6.42 Å². The van der Waals surface area contributed by atoms with Crippen molar-refractivity contribution in [2.75, 3.05) is 0 Å². The van der Waals surface area contributed by atoms with Gasteiger partial charge < -0.3 is 0 Å². The summed E-state index contributed by atoms with van der Waals surface area (Å²) in [4.78, 5) is 0. The number of nitrogens with zero attached hydrogens (tertiary/aromatic N) is 2. The van der Waals surface area contributed by atoms with Gasteiger partial charge in [0.05, 0.1) is 11.9 Å². The highest BCUT2D eigenvalue weighted by molar-refractivity contribution is 6.02. The van der Waals surface area contributed by atoms with Gasteiger partial charge in [-0.3, -0.25) is 0 Å². The number of unbranched alkanes of at least 4 members (excludes halogenated alkanes) is 3. The van der Waals surface area contributed by atoms with Crippen molar-refractivity contribution in [3.8, 4) is 0 Å². The number of allylic oxidation sites excluding steroid dienone is 1. The first-order valence-corrected chi connectivity index (χ1v) is 12.7. The summed E-state index contributed by atoms with van der Waals surface area (Å²) in [5.74, 6) is 1.42. The van der Waals surface area contributed by atoms with Crippen molar-refractivity contribution in [1.29, 1.82) is 0 Å². The van der Waals surface area contributed by atoms with Gasteiger partial charge >= 0.3 is 0 Å². The first-order chi connectivity index (χ1) is 15.8. The Morgan fingerprint density at radius 3 is 2.38 bits per heavy atom. The number of hydrogen-bond donors (Lipinski definition) is 0. The third-order valence-corrected chi connectivity index (χ3v) is 6.74. The van der Waals surface area contributed by atoms with Gasteiger partial charge in [0.1, 0.15) is 0 Å².